The number of terminal acetylenes is 1. The van der Waals surface area contributed by atoms with E-state index in [1.165, 1.54) is 20.0 Å². The van der Waals surface area contributed by atoms with Crippen LogP contribution in [0, 0.1) is 30.9 Å². The van der Waals surface area contributed by atoms with Gasteiger partial charge in [0.15, 0.2) is 22.9 Å². The molecule has 1 aliphatic rings. The quantitative estimate of drug-likeness (QED) is 0.423. The van der Waals surface area contributed by atoms with Crippen molar-refractivity contribution >= 4 is 28.5 Å². The van der Waals surface area contributed by atoms with Crippen LogP contribution in [0.2, 0.25) is 0 Å². The molecule has 1 amide bonds. The van der Waals surface area contributed by atoms with Gasteiger partial charge in [0.2, 0.25) is 0 Å². The number of nitrogens with zero attached hydrogens (tertiary/aromatic N) is 2. The minimum Gasteiger partial charge on any atom is -0.476 e. The summed E-state index contributed by atoms with van der Waals surface area (Å²) in [7, 11) is 0. The van der Waals surface area contributed by atoms with E-state index in [4.69, 9.17) is 16.9 Å². The van der Waals surface area contributed by atoms with Crippen molar-refractivity contribution in [2.75, 3.05) is 5.32 Å². The third kappa shape index (κ3) is 5.53. The van der Waals surface area contributed by atoms with Gasteiger partial charge in [-0.3, -0.25) is 9.79 Å². The summed E-state index contributed by atoms with van der Waals surface area (Å²) in [5.41, 5.74) is 4.25. The Bertz CT molecular complexity index is 1230. The number of nitrogens with two attached hydrogens (primary N) is 1. The lowest BCUT2D eigenvalue weighted by atomic mass is 9.82. The second kappa shape index (κ2) is 9.77. The standard InChI is InChI=1S/C24H24F4N4O2S/c1-6-13(3)34-15-7-12(2)19(30-10-15)20(33)31-14-8-16(18(26)17(25)9-14)23(4)11-24(5,21(27)28)35-22(29)32-23/h1,7-10,13,21H,11H2,2-5H3,(H2,29,32)(H,31,33)/t13-,23-,24+/m0/s1. The summed E-state index contributed by atoms with van der Waals surface area (Å²) in [6.45, 7) is 5.97. The van der Waals surface area contributed by atoms with Crippen molar-refractivity contribution in [3.05, 3.63) is 52.9 Å². The van der Waals surface area contributed by atoms with Crippen molar-refractivity contribution in [2.45, 2.75) is 56.9 Å². The van der Waals surface area contributed by atoms with E-state index in [2.05, 4.69) is 21.2 Å². The Morgan fingerprint density at radius 3 is 2.60 bits per heavy atom. The number of thioether (sulfide) groups is 1. The van der Waals surface area contributed by atoms with Gasteiger partial charge in [-0.25, -0.2) is 22.5 Å². The van der Waals surface area contributed by atoms with Crippen molar-refractivity contribution in [2.24, 2.45) is 10.7 Å². The maximum absolute atomic E-state index is 14.9. The Balaban J connectivity index is 1.94. The Morgan fingerprint density at radius 1 is 1.31 bits per heavy atom. The second-order valence-corrected chi connectivity index (χ2v) is 10.2. The number of aromatic nitrogens is 1. The highest BCUT2D eigenvalue weighted by Gasteiger charge is 2.48. The zero-order valence-corrected chi connectivity index (χ0v) is 20.3. The predicted octanol–water partition coefficient (Wildman–Crippen LogP) is 5.01. The Labute approximate surface area is 204 Å². The van der Waals surface area contributed by atoms with Crippen molar-refractivity contribution in [3.8, 4) is 18.1 Å². The lowest BCUT2D eigenvalue weighted by Crippen LogP contribution is -2.44. The summed E-state index contributed by atoms with van der Waals surface area (Å²) in [6, 6.07) is 3.52. The number of amidine groups is 1. The third-order valence-electron chi connectivity index (χ3n) is 5.53. The van der Waals surface area contributed by atoms with Gasteiger partial charge in [-0.05, 0) is 51.8 Å². The average Bonchev–Trinajstić information content (AvgIpc) is 2.74. The maximum Gasteiger partial charge on any atom is 0.274 e. The number of benzene rings is 1. The fourth-order valence-electron chi connectivity index (χ4n) is 3.87. The molecule has 186 valence electrons. The molecule has 1 aromatic carbocycles. The minimum absolute atomic E-state index is 0.0183. The summed E-state index contributed by atoms with van der Waals surface area (Å²) in [5.74, 6) is -0.462. The lowest BCUT2D eigenvalue weighted by molar-refractivity contribution is 0.0892. The molecule has 0 bridgehead atoms. The largest absolute Gasteiger partial charge is 0.476 e. The molecule has 11 heteroatoms. The van der Waals surface area contributed by atoms with E-state index < -0.39 is 40.4 Å². The molecule has 0 unspecified atom stereocenters. The molecule has 6 nitrogen and oxygen atoms in total. The second-order valence-electron chi connectivity index (χ2n) is 8.65. The molecule has 0 fully saturated rings. The van der Waals surface area contributed by atoms with Gasteiger partial charge in [-0.1, -0.05) is 17.7 Å². The first-order valence-corrected chi connectivity index (χ1v) is 11.3. The SMILES string of the molecule is C#C[C@H](C)Oc1cnc(C(=O)Nc2cc(F)c(F)c([C@]3(C)C[C@](C)(C(F)F)SC(N)=N3)c2)c(C)c1. The summed E-state index contributed by atoms with van der Waals surface area (Å²) in [6.07, 6.45) is 3.00. The van der Waals surface area contributed by atoms with Gasteiger partial charge in [-0.2, -0.15) is 0 Å². The zero-order valence-electron chi connectivity index (χ0n) is 19.5. The highest BCUT2D eigenvalue weighted by atomic mass is 32.2. The summed E-state index contributed by atoms with van der Waals surface area (Å²) < 4.78 is 60.7. The van der Waals surface area contributed by atoms with Crippen LogP contribution in [0.1, 0.15) is 48.8 Å². The van der Waals surface area contributed by atoms with Crippen molar-refractivity contribution < 1.29 is 27.1 Å². The number of nitrogens with one attached hydrogen (secondary N) is 1. The van der Waals surface area contributed by atoms with Gasteiger partial charge >= 0.3 is 0 Å². The minimum atomic E-state index is -2.79. The fourth-order valence-corrected chi connectivity index (χ4v) is 5.04. The van der Waals surface area contributed by atoms with Gasteiger partial charge in [0.1, 0.15) is 11.4 Å². The van der Waals surface area contributed by atoms with Crippen LogP contribution >= 0.6 is 11.8 Å². The van der Waals surface area contributed by atoms with Crippen LogP contribution in [0.25, 0.3) is 0 Å². The van der Waals surface area contributed by atoms with E-state index in [1.807, 2.05) is 0 Å². The van der Waals surface area contributed by atoms with E-state index in [0.717, 1.165) is 12.1 Å². The molecule has 3 N–H and O–H groups in total. The van der Waals surface area contributed by atoms with Crippen LogP contribution < -0.4 is 15.8 Å². The van der Waals surface area contributed by atoms with Crippen LogP contribution in [0.3, 0.4) is 0 Å². The molecule has 35 heavy (non-hydrogen) atoms. The number of hydrogen-bond acceptors (Lipinski definition) is 6. The number of carbonyl (C=O) groups excluding carboxylic acids is 1. The number of anilines is 1. The van der Waals surface area contributed by atoms with Crippen molar-refractivity contribution in [1.29, 1.82) is 0 Å². The van der Waals surface area contributed by atoms with E-state index >= 15 is 0 Å². The molecule has 0 saturated heterocycles. The van der Waals surface area contributed by atoms with Gasteiger partial charge in [-0.15, -0.1) is 6.42 Å². The van der Waals surface area contributed by atoms with Crippen molar-refractivity contribution in [1.82, 2.24) is 4.98 Å². The molecule has 0 saturated carbocycles. The first-order chi connectivity index (χ1) is 16.3. The molecule has 0 radical (unpaired) electrons. The Morgan fingerprint density at radius 2 is 2.00 bits per heavy atom. The topological polar surface area (TPSA) is 89.6 Å². The predicted molar refractivity (Wildman–Crippen MR) is 128 cm³/mol. The lowest BCUT2D eigenvalue weighted by Gasteiger charge is -2.40. The van der Waals surface area contributed by atoms with E-state index in [0.29, 0.717) is 23.1 Å². The Hall–Kier alpha value is -3.26. The van der Waals surface area contributed by atoms with Gasteiger partial charge in [0, 0.05) is 17.3 Å². The first kappa shape index (κ1) is 26.3. The van der Waals surface area contributed by atoms with Crippen LogP contribution in [0.4, 0.5) is 23.2 Å². The zero-order chi connectivity index (χ0) is 26.1. The number of amides is 1. The molecule has 1 aliphatic heterocycles. The highest BCUT2D eigenvalue weighted by Crippen LogP contribution is 2.49. The number of rotatable bonds is 6. The molecule has 2 heterocycles. The van der Waals surface area contributed by atoms with E-state index in [9.17, 15) is 22.4 Å². The molecule has 3 atom stereocenters. The molecule has 2 aromatic rings. The van der Waals surface area contributed by atoms with E-state index in [1.54, 1.807) is 19.9 Å². The van der Waals surface area contributed by atoms with E-state index in [-0.39, 0.29) is 28.5 Å². The third-order valence-corrected chi connectivity index (χ3v) is 6.62. The number of hydrogen-bond donors (Lipinski definition) is 2. The average molecular weight is 509 g/mol. The molecule has 1 aromatic heterocycles. The number of pyridine rings is 1. The number of aryl methyl sites for hydroxylation is 1. The Kier molecular flexibility index (Phi) is 7.36. The summed E-state index contributed by atoms with van der Waals surface area (Å²) in [5, 5.41) is 2.31. The molecule has 0 aliphatic carbocycles. The maximum atomic E-state index is 14.9. The van der Waals surface area contributed by atoms with Crippen LogP contribution in [-0.4, -0.2) is 33.3 Å². The van der Waals surface area contributed by atoms with Crippen LogP contribution in [0.15, 0.2) is 29.4 Å². The number of alkyl halides is 2. The van der Waals surface area contributed by atoms with Gasteiger partial charge in [0.25, 0.3) is 12.3 Å². The molecular weight excluding hydrogens is 484 g/mol. The molecule has 0 spiro atoms. The molecule has 3 rings (SSSR count). The smallest absolute Gasteiger partial charge is 0.274 e. The molecular formula is C24H24F4N4O2S. The van der Waals surface area contributed by atoms with Crippen LogP contribution in [-0.2, 0) is 5.54 Å². The first-order valence-electron chi connectivity index (χ1n) is 10.5. The monoisotopic (exact) mass is 508 g/mol. The number of aliphatic imine (C=N–C) groups is 1. The van der Waals surface area contributed by atoms with Crippen LogP contribution in [0.5, 0.6) is 5.75 Å². The number of halogens is 4. The number of ether oxygens (including phenoxy) is 1. The van der Waals surface area contributed by atoms with Crippen molar-refractivity contribution in [3.63, 3.8) is 0 Å². The highest BCUT2D eigenvalue weighted by molar-refractivity contribution is 8.15. The summed E-state index contributed by atoms with van der Waals surface area (Å²) >= 11 is 0.686. The fraction of sp³-hybridized carbons (Fsp3) is 0.375. The number of carbonyl (C=O) groups is 1. The van der Waals surface area contributed by atoms with Gasteiger partial charge < -0.3 is 15.8 Å². The normalized spacial score (nSPS) is 22.8. The summed E-state index contributed by atoms with van der Waals surface area (Å²) in [4.78, 5) is 21.1. The van der Waals surface area contributed by atoms with Gasteiger partial charge in [0.05, 0.1) is 16.5 Å².